The highest BCUT2D eigenvalue weighted by Gasteiger charge is 2.35. The number of aromatic nitrogens is 2. The fourth-order valence-corrected chi connectivity index (χ4v) is 8.40. The van der Waals surface area contributed by atoms with Gasteiger partial charge in [-0.3, -0.25) is 15.1 Å². The number of pyridine rings is 2. The number of hydrogen-bond donors (Lipinski definition) is 5. The summed E-state index contributed by atoms with van der Waals surface area (Å²) in [5, 5.41) is 41.2. The molecule has 1 saturated heterocycles. The number of nitrogens with one attached hydrogen (secondary N) is 1. The van der Waals surface area contributed by atoms with Crippen LogP contribution in [-0.2, 0) is 35.6 Å². The number of nitrogens with zero attached hydrogens (tertiary/aromatic N) is 4. The van der Waals surface area contributed by atoms with E-state index in [1.54, 1.807) is 40.7 Å². The second-order valence-corrected chi connectivity index (χ2v) is 15.7. The van der Waals surface area contributed by atoms with Crippen molar-refractivity contribution in [2.45, 2.75) is 79.7 Å². The number of rotatable bonds is 8. The van der Waals surface area contributed by atoms with Crippen LogP contribution in [0, 0.1) is 5.41 Å². The number of aliphatic hydroxyl groups is 1. The van der Waals surface area contributed by atoms with Gasteiger partial charge in [0, 0.05) is 72.1 Å². The number of carbonyl (C=O) groups excluding carboxylic acids is 2. The second-order valence-electron chi connectivity index (χ2n) is 15.7. The molecule has 1 atom stereocenters. The summed E-state index contributed by atoms with van der Waals surface area (Å²) in [4.78, 5) is 47.7. The minimum atomic E-state index is -1.53. The van der Waals surface area contributed by atoms with Crippen LogP contribution in [0.25, 0.3) is 27.9 Å². The van der Waals surface area contributed by atoms with E-state index in [0.29, 0.717) is 84.2 Å². The first kappa shape index (κ1) is 42.6. The molecule has 1 amide bonds. The third-order valence-electron chi connectivity index (χ3n) is 11.6. The number of esters is 1. The van der Waals surface area contributed by atoms with Gasteiger partial charge in [-0.25, -0.2) is 14.6 Å². The largest absolute Gasteiger partial charge is 0.508 e. The SMILES string of the molecule is CC.CCc1c2c(nc3ccc(OC(=O)N4CCN(Cc5ccc(/C(C(=N)c6cc(C(C)C)c(O)cc6O)=C(\C)N)cc5)CC4)cc13)-c1cc3c(c(=O)n1C2)COC(=O)C3O. The van der Waals surface area contributed by atoms with Crippen molar-refractivity contribution in [1.29, 1.82) is 5.41 Å². The van der Waals surface area contributed by atoms with E-state index in [1.807, 2.05) is 65.0 Å². The third kappa shape index (κ3) is 7.96. The molecule has 5 heterocycles. The van der Waals surface area contributed by atoms with Crippen LogP contribution in [0.15, 0.2) is 71.2 Å². The molecule has 1 unspecified atom stereocenters. The van der Waals surface area contributed by atoms with Gasteiger partial charge < -0.3 is 40.0 Å². The number of aryl methyl sites for hydroxylation is 1. The van der Waals surface area contributed by atoms with Gasteiger partial charge in [0.05, 0.1) is 34.7 Å². The zero-order valence-corrected chi connectivity index (χ0v) is 35.3. The topological polar surface area (TPSA) is 205 Å². The zero-order chi connectivity index (χ0) is 43.9. The maximum atomic E-state index is 13.5. The van der Waals surface area contributed by atoms with Crippen molar-refractivity contribution < 1.29 is 34.4 Å². The van der Waals surface area contributed by atoms with Crippen LogP contribution in [0.3, 0.4) is 0 Å². The first-order valence-corrected chi connectivity index (χ1v) is 20.7. The molecule has 3 aliphatic heterocycles. The summed E-state index contributed by atoms with van der Waals surface area (Å²) in [6.07, 6.45) is -1.34. The Morgan fingerprint density at radius 3 is 2.34 bits per heavy atom. The Morgan fingerprint density at radius 2 is 1.69 bits per heavy atom. The maximum absolute atomic E-state index is 13.5. The molecule has 61 heavy (non-hydrogen) atoms. The highest BCUT2D eigenvalue weighted by atomic mass is 16.6. The van der Waals surface area contributed by atoms with Crippen molar-refractivity contribution in [2.75, 3.05) is 26.2 Å². The molecule has 0 aliphatic carbocycles. The molecule has 5 aromatic rings. The summed E-state index contributed by atoms with van der Waals surface area (Å²) >= 11 is 0. The van der Waals surface area contributed by atoms with Crippen molar-refractivity contribution in [3.8, 4) is 28.6 Å². The predicted molar refractivity (Wildman–Crippen MR) is 233 cm³/mol. The number of amides is 1. The Kier molecular flexibility index (Phi) is 12.0. The molecule has 0 bridgehead atoms. The molecule has 3 aliphatic rings. The van der Waals surface area contributed by atoms with Gasteiger partial charge in [0.2, 0.25) is 0 Å². The van der Waals surface area contributed by atoms with Crippen LogP contribution in [0.2, 0.25) is 0 Å². The molecule has 8 rings (SSSR count). The summed E-state index contributed by atoms with van der Waals surface area (Å²) in [5.41, 5.74) is 13.9. The van der Waals surface area contributed by atoms with Crippen LogP contribution < -0.4 is 16.0 Å². The molecule has 14 nitrogen and oxygen atoms in total. The Morgan fingerprint density at radius 1 is 0.984 bits per heavy atom. The van der Waals surface area contributed by atoms with Crippen LogP contribution in [0.4, 0.5) is 4.79 Å². The number of phenolic OH excluding ortho intramolecular Hbond substituents is 2. The van der Waals surface area contributed by atoms with Crippen LogP contribution in [0.1, 0.15) is 98.1 Å². The molecule has 14 heteroatoms. The minimum Gasteiger partial charge on any atom is -0.508 e. The summed E-state index contributed by atoms with van der Waals surface area (Å²) < 4.78 is 12.5. The Labute approximate surface area is 354 Å². The van der Waals surface area contributed by atoms with Gasteiger partial charge >= 0.3 is 12.1 Å². The zero-order valence-electron chi connectivity index (χ0n) is 35.3. The molecule has 1 fully saturated rings. The number of aromatic hydroxyl groups is 2. The van der Waals surface area contributed by atoms with Gasteiger partial charge in [-0.2, -0.15) is 0 Å². The number of nitrogens with two attached hydrogens (primary N) is 1. The number of allylic oxidation sites excluding steroid dienone is 2. The lowest BCUT2D eigenvalue weighted by molar-refractivity contribution is -0.157. The lowest BCUT2D eigenvalue weighted by Gasteiger charge is -2.34. The highest BCUT2D eigenvalue weighted by Crippen LogP contribution is 2.39. The molecular formula is C47H52N6O8. The number of ether oxygens (including phenoxy) is 2. The quantitative estimate of drug-likeness (QED) is 0.0806. The average Bonchev–Trinajstić information content (AvgIpc) is 3.61. The molecule has 0 saturated carbocycles. The summed E-state index contributed by atoms with van der Waals surface area (Å²) in [6, 6.07) is 17.7. The summed E-state index contributed by atoms with van der Waals surface area (Å²) in [6.45, 7) is 14.6. The van der Waals surface area contributed by atoms with Crippen molar-refractivity contribution in [3.63, 3.8) is 0 Å². The first-order valence-electron chi connectivity index (χ1n) is 20.7. The monoisotopic (exact) mass is 828 g/mol. The van der Waals surface area contributed by atoms with Gasteiger partial charge in [0.15, 0.2) is 6.10 Å². The fraction of sp³-hybridized carbons (Fsp3) is 0.340. The van der Waals surface area contributed by atoms with Gasteiger partial charge in [-0.1, -0.05) is 58.9 Å². The molecule has 6 N–H and O–H groups in total. The second kappa shape index (κ2) is 17.2. The molecule has 0 spiro atoms. The van der Waals surface area contributed by atoms with Crippen LogP contribution >= 0.6 is 0 Å². The van der Waals surface area contributed by atoms with E-state index >= 15 is 0 Å². The van der Waals surface area contributed by atoms with Crippen molar-refractivity contribution in [2.24, 2.45) is 5.73 Å². The lowest BCUT2D eigenvalue weighted by Crippen LogP contribution is -2.49. The number of carbonyl (C=O) groups is 2. The van der Waals surface area contributed by atoms with Gasteiger partial charge in [0.1, 0.15) is 23.9 Å². The lowest BCUT2D eigenvalue weighted by atomic mass is 9.90. The maximum Gasteiger partial charge on any atom is 0.415 e. The Bertz CT molecular complexity index is 2660. The summed E-state index contributed by atoms with van der Waals surface area (Å²) in [7, 11) is 0. The highest BCUT2D eigenvalue weighted by molar-refractivity contribution is 6.31. The minimum absolute atomic E-state index is 0.00761. The number of phenols is 2. The number of hydrogen-bond acceptors (Lipinski definition) is 12. The molecular weight excluding hydrogens is 777 g/mol. The van der Waals surface area contributed by atoms with E-state index in [0.717, 1.165) is 27.6 Å². The van der Waals surface area contributed by atoms with E-state index in [9.17, 15) is 29.7 Å². The number of benzene rings is 3. The van der Waals surface area contributed by atoms with E-state index in [1.165, 1.54) is 6.07 Å². The van der Waals surface area contributed by atoms with Gasteiger partial charge in [-0.15, -0.1) is 0 Å². The number of cyclic esters (lactones) is 1. The number of fused-ring (bicyclic) bond motifs is 5. The van der Waals surface area contributed by atoms with Gasteiger partial charge in [0.25, 0.3) is 5.56 Å². The standard InChI is InChI=1S/C45H46N6O8.C2H6/c1-5-28-30-16-27(10-11-35(30)48-41-33(28)21-51-36(41)18-31-34(43(51)55)22-58-44(56)42(31)54)59-45(57)50-14-12-49(13-15-50)20-25-6-8-26(9-7-25)39(24(4)46)40(47)32-17-29(23(2)3)37(52)19-38(32)53;1-2/h6-11,16-19,23,42,47,52-54H,5,12-15,20-22,46H2,1-4H3;1-2H3/b39-24-,47-40?;. The van der Waals surface area contributed by atoms with Crippen molar-refractivity contribution >= 4 is 34.3 Å². The number of piperazine rings is 1. The predicted octanol–water partition coefficient (Wildman–Crippen LogP) is 6.71. The Balaban J connectivity index is 0.00000277. The van der Waals surface area contributed by atoms with E-state index in [-0.39, 0.29) is 53.0 Å². The fourth-order valence-electron chi connectivity index (χ4n) is 8.40. The van der Waals surface area contributed by atoms with Crippen molar-refractivity contribution in [3.05, 3.63) is 121 Å². The number of aliphatic hydroxyl groups excluding tert-OH is 1. The molecule has 3 aromatic carbocycles. The molecule has 2 aromatic heterocycles. The van der Waals surface area contributed by atoms with E-state index in [4.69, 9.17) is 25.6 Å². The Hall–Kier alpha value is -6.51. The molecule has 318 valence electrons. The van der Waals surface area contributed by atoms with Crippen LogP contribution in [0.5, 0.6) is 17.2 Å². The van der Waals surface area contributed by atoms with E-state index in [2.05, 4.69) is 4.90 Å². The van der Waals surface area contributed by atoms with Crippen molar-refractivity contribution in [1.82, 2.24) is 19.4 Å². The molecule has 0 radical (unpaired) electrons. The average molecular weight is 829 g/mol. The smallest absolute Gasteiger partial charge is 0.415 e. The normalized spacial score (nSPS) is 16.2. The first-order chi connectivity index (χ1) is 29.2. The van der Waals surface area contributed by atoms with Crippen LogP contribution in [-0.4, -0.2) is 78.6 Å². The summed E-state index contributed by atoms with van der Waals surface area (Å²) in [5.74, 6) is -0.611. The van der Waals surface area contributed by atoms with Gasteiger partial charge in [-0.05, 0) is 71.8 Å². The van der Waals surface area contributed by atoms with E-state index < -0.39 is 18.2 Å². The third-order valence-corrected chi connectivity index (χ3v) is 11.6.